The summed E-state index contributed by atoms with van der Waals surface area (Å²) in [5.41, 5.74) is 7.83. The zero-order chi connectivity index (χ0) is 24.8. The second-order valence-corrected chi connectivity index (χ2v) is 10.4. The van der Waals surface area contributed by atoms with Crippen LogP contribution in [0.25, 0.3) is 0 Å². The maximum Gasteiger partial charge on any atom is 0.272 e. The Morgan fingerprint density at radius 3 is 2.37 bits per heavy atom. The molecule has 3 saturated heterocycles. The molecule has 35 heavy (non-hydrogen) atoms. The molecule has 0 spiro atoms. The lowest BCUT2D eigenvalue weighted by Gasteiger charge is -2.20. The lowest BCUT2D eigenvalue weighted by Crippen LogP contribution is -2.36. The lowest BCUT2D eigenvalue weighted by molar-refractivity contribution is -0.127. The zero-order valence-electron chi connectivity index (χ0n) is 20.4. The van der Waals surface area contributed by atoms with Crippen molar-refractivity contribution >= 4 is 35.2 Å². The largest absolute Gasteiger partial charge is 0.392 e. The summed E-state index contributed by atoms with van der Waals surface area (Å²) in [4.78, 5) is 43.8. The fraction of sp³-hybridized carbons (Fsp3) is 0.560. The van der Waals surface area contributed by atoms with Crippen LogP contribution in [0.3, 0.4) is 0 Å². The molecule has 0 saturated carbocycles. The van der Waals surface area contributed by atoms with Gasteiger partial charge >= 0.3 is 0 Å². The number of nitrogens with one attached hydrogen (secondary N) is 2. The topological polar surface area (TPSA) is 111 Å². The van der Waals surface area contributed by atoms with Crippen molar-refractivity contribution in [3.05, 3.63) is 40.6 Å². The van der Waals surface area contributed by atoms with Gasteiger partial charge in [-0.2, -0.15) is 0 Å². The van der Waals surface area contributed by atoms with Crippen LogP contribution in [0.1, 0.15) is 43.0 Å². The van der Waals surface area contributed by atoms with E-state index in [-0.39, 0.29) is 28.7 Å². The Hall–Kier alpha value is -2.72. The minimum absolute atomic E-state index is 0.0498. The molecular formula is C25H36N6O3S. The monoisotopic (exact) mass is 500 g/mol. The van der Waals surface area contributed by atoms with Crippen LogP contribution in [-0.2, 0) is 9.59 Å². The summed E-state index contributed by atoms with van der Waals surface area (Å²) >= 11 is 1.35. The lowest BCUT2D eigenvalue weighted by atomic mass is 10.2. The van der Waals surface area contributed by atoms with Gasteiger partial charge in [0.05, 0.1) is 0 Å². The molecule has 190 valence electrons. The molecule has 1 aromatic carbocycles. The van der Waals surface area contributed by atoms with Gasteiger partial charge in [-0.1, -0.05) is 11.8 Å². The highest BCUT2D eigenvalue weighted by molar-refractivity contribution is 8.04. The van der Waals surface area contributed by atoms with Gasteiger partial charge in [0.25, 0.3) is 11.8 Å². The summed E-state index contributed by atoms with van der Waals surface area (Å²) in [6.45, 7) is 7.95. The van der Waals surface area contributed by atoms with Crippen molar-refractivity contribution in [3.63, 3.8) is 0 Å². The van der Waals surface area contributed by atoms with Gasteiger partial charge in [-0.25, -0.2) is 0 Å². The smallest absolute Gasteiger partial charge is 0.272 e. The van der Waals surface area contributed by atoms with Crippen molar-refractivity contribution in [3.8, 4) is 0 Å². The van der Waals surface area contributed by atoms with Crippen LogP contribution >= 0.6 is 11.8 Å². The SMILES string of the molecule is CCN1C(=O)[C@@H](CNc2ccc(C(=O)NCCN3CCCC3)cc2)S/C1=C(/N)C(=O)N1CCCC1. The second-order valence-electron chi connectivity index (χ2n) is 9.17. The van der Waals surface area contributed by atoms with Gasteiger partial charge in [0, 0.05) is 50.5 Å². The number of anilines is 1. The van der Waals surface area contributed by atoms with Gasteiger partial charge in [0.15, 0.2) is 0 Å². The molecule has 0 aromatic heterocycles. The first kappa shape index (κ1) is 25.4. The van der Waals surface area contributed by atoms with E-state index in [1.54, 1.807) is 21.9 Å². The van der Waals surface area contributed by atoms with Crippen LogP contribution in [0.5, 0.6) is 0 Å². The highest BCUT2D eigenvalue weighted by Gasteiger charge is 2.39. The van der Waals surface area contributed by atoms with Crippen molar-refractivity contribution in [1.29, 1.82) is 0 Å². The number of nitrogens with two attached hydrogens (primary N) is 1. The molecule has 1 aromatic rings. The van der Waals surface area contributed by atoms with Gasteiger partial charge in [-0.05, 0) is 70.0 Å². The number of hydrogen-bond donors (Lipinski definition) is 3. The molecule has 0 aliphatic carbocycles. The highest BCUT2D eigenvalue weighted by Crippen LogP contribution is 2.36. The van der Waals surface area contributed by atoms with E-state index in [2.05, 4.69) is 15.5 Å². The van der Waals surface area contributed by atoms with Crippen molar-refractivity contribution in [2.45, 2.75) is 37.9 Å². The van der Waals surface area contributed by atoms with E-state index in [0.29, 0.717) is 30.2 Å². The quantitative estimate of drug-likeness (QED) is 0.442. The van der Waals surface area contributed by atoms with Gasteiger partial charge in [-0.3, -0.25) is 14.4 Å². The predicted molar refractivity (Wildman–Crippen MR) is 139 cm³/mol. The molecule has 3 aliphatic rings. The normalized spacial score (nSPS) is 22.1. The number of hydrogen-bond acceptors (Lipinski definition) is 7. The Balaban J connectivity index is 1.29. The Labute approximate surface area is 211 Å². The molecule has 4 rings (SSSR count). The third kappa shape index (κ3) is 6.10. The van der Waals surface area contributed by atoms with E-state index in [1.165, 1.54) is 24.6 Å². The summed E-state index contributed by atoms with van der Waals surface area (Å²) in [6.07, 6.45) is 4.46. The van der Waals surface area contributed by atoms with Crippen LogP contribution in [0.15, 0.2) is 35.0 Å². The number of likely N-dealkylation sites (tertiary alicyclic amines) is 2. The van der Waals surface area contributed by atoms with Crippen molar-refractivity contribution in [2.75, 3.05) is 57.7 Å². The number of carbonyl (C=O) groups is 3. The zero-order valence-corrected chi connectivity index (χ0v) is 21.2. The Kier molecular flexibility index (Phi) is 8.56. The highest BCUT2D eigenvalue weighted by atomic mass is 32.2. The Morgan fingerprint density at radius 2 is 1.71 bits per heavy atom. The van der Waals surface area contributed by atoms with Gasteiger partial charge in [-0.15, -0.1) is 0 Å². The van der Waals surface area contributed by atoms with Crippen molar-refractivity contribution in [1.82, 2.24) is 20.0 Å². The van der Waals surface area contributed by atoms with Crippen molar-refractivity contribution in [2.24, 2.45) is 5.73 Å². The van der Waals surface area contributed by atoms with Gasteiger partial charge in [0.2, 0.25) is 5.91 Å². The maximum absolute atomic E-state index is 12.9. The molecule has 3 aliphatic heterocycles. The molecule has 3 fully saturated rings. The van der Waals surface area contributed by atoms with Crippen LogP contribution in [0.4, 0.5) is 5.69 Å². The number of benzene rings is 1. The fourth-order valence-electron chi connectivity index (χ4n) is 4.73. The summed E-state index contributed by atoms with van der Waals surface area (Å²) in [7, 11) is 0. The van der Waals surface area contributed by atoms with Gasteiger partial charge in [0.1, 0.15) is 16.0 Å². The van der Waals surface area contributed by atoms with Crippen LogP contribution < -0.4 is 16.4 Å². The minimum atomic E-state index is -0.372. The average Bonchev–Trinajstić information content (AvgIpc) is 3.64. The molecule has 0 radical (unpaired) electrons. The summed E-state index contributed by atoms with van der Waals surface area (Å²) in [5.74, 6) is -0.311. The number of nitrogens with zero attached hydrogens (tertiary/aromatic N) is 3. The fourth-order valence-corrected chi connectivity index (χ4v) is 5.95. The summed E-state index contributed by atoms with van der Waals surface area (Å²) in [5, 5.41) is 6.45. The predicted octanol–water partition coefficient (Wildman–Crippen LogP) is 1.64. The molecule has 1 atom stereocenters. The van der Waals surface area contributed by atoms with E-state index in [1.807, 2.05) is 19.1 Å². The Bertz CT molecular complexity index is 954. The number of amides is 3. The van der Waals surface area contributed by atoms with E-state index in [0.717, 1.165) is 51.3 Å². The molecular weight excluding hydrogens is 464 g/mol. The van der Waals surface area contributed by atoms with Crippen molar-refractivity contribution < 1.29 is 14.4 Å². The van der Waals surface area contributed by atoms with Crippen LogP contribution in [0, 0.1) is 0 Å². The second kappa shape index (κ2) is 11.8. The molecule has 3 amide bonds. The minimum Gasteiger partial charge on any atom is -0.392 e. The van der Waals surface area contributed by atoms with Crippen LogP contribution in [0.2, 0.25) is 0 Å². The third-order valence-electron chi connectivity index (χ3n) is 6.76. The Morgan fingerprint density at radius 1 is 1.06 bits per heavy atom. The molecule has 9 nitrogen and oxygen atoms in total. The average molecular weight is 501 g/mol. The van der Waals surface area contributed by atoms with E-state index < -0.39 is 0 Å². The molecule has 10 heteroatoms. The summed E-state index contributed by atoms with van der Waals surface area (Å²) < 4.78 is 0. The molecule has 0 bridgehead atoms. The van der Waals surface area contributed by atoms with Gasteiger partial charge < -0.3 is 31.1 Å². The van der Waals surface area contributed by atoms with E-state index in [4.69, 9.17) is 5.73 Å². The standard InChI is InChI=1S/C25H36N6O3S/c1-2-31-23(33)20(35-25(31)21(26)24(34)30-14-5-6-15-30)17-28-19-9-7-18(8-10-19)22(32)27-11-16-29-12-3-4-13-29/h7-10,20,28H,2-6,11-17,26H2,1H3,(H,27,32)/b25-21+/t20-/m1/s1. The van der Waals surface area contributed by atoms with Crippen LogP contribution in [-0.4, -0.2) is 90.0 Å². The number of carbonyl (C=O) groups excluding carboxylic acids is 3. The first-order valence-electron chi connectivity index (χ1n) is 12.6. The number of thioether (sulfide) groups is 1. The third-order valence-corrected chi connectivity index (χ3v) is 8.08. The molecule has 3 heterocycles. The first-order valence-corrected chi connectivity index (χ1v) is 13.5. The first-order chi connectivity index (χ1) is 17.0. The molecule has 4 N–H and O–H groups in total. The maximum atomic E-state index is 12.9. The molecule has 0 unspecified atom stereocenters. The van der Waals surface area contributed by atoms with E-state index in [9.17, 15) is 14.4 Å². The van der Waals surface area contributed by atoms with E-state index >= 15 is 0 Å². The number of rotatable bonds is 9. The summed E-state index contributed by atoms with van der Waals surface area (Å²) in [6, 6.07) is 7.26.